The van der Waals surface area contributed by atoms with Gasteiger partial charge in [0.1, 0.15) is 11.5 Å². The molecule has 0 spiro atoms. The number of fused-ring (bicyclic) bond motifs is 1. The van der Waals surface area contributed by atoms with E-state index in [0.29, 0.717) is 22.9 Å². The lowest BCUT2D eigenvalue weighted by molar-refractivity contribution is -0.274. The maximum absolute atomic E-state index is 12.6. The number of hydrogen-bond acceptors (Lipinski definition) is 6. The summed E-state index contributed by atoms with van der Waals surface area (Å²) in [6, 6.07) is 15.9. The number of amides is 1. The number of nitrogens with zero attached hydrogens (tertiary/aromatic N) is 4. The molecule has 0 aliphatic carbocycles. The minimum absolute atomic E-state index is 0.112. The minimum atomic E-state index is -4.92. The molecular weight excluding hydrogens is 427 g/mol. The van der Waals surface area contributed by atoms with E-state index in [1.165, 1.54) is 22.7 Å². The molecular formula is C21H16F3N5O3. The molecule has 0 atom stereocenters. The van der Waals surface area contributed by atoms with Crippen LogP contribution in [0.4, 0.5) is 13.2 Å². The molecule has 0 aliphatic rings. The minimum Gasteiger partial charge on any atom is -0.497 e. The lowest BCUT2D eigenvalue weighted by Gasteiger charge is -2.12. The van der Waals surface area contributed by atoms with Crippen molar-refractivity contribution >= 4 is 11.6 Å². The number of carbonyl (C=O) groups excluding carboxylic acids is 1. The molecule has 0 fully saturated rings. The first-order chi connectivity index (χ1) is 15.3. The van der Waals surface area contributed by atoms with Gasteiger partial charge in [0.15, 0.2) is 11.5 Å². The number of aromatic nitrogens is 4. The van der Waals surface area contributed by atoms with Crippen LogP contribution in [0.1, 0.15) is 16.2 Å². The molecule has 2 aromatic heterocycles. The smallest absolute Gasteiger partial charge is 0.497 e. The molecule has 1 amide bonds. The molecule has 2 aromatic carbocycles. The normalized spacial score (nSPS) is 11.4. The van der Waals surface area contributed by atoms with Crippen LogP contribution < -0.4 is 14.8 Å². The third-order valence-electron chi connectivity index (χ3n) is 4.48. The maximum atomic E-state index is 12.6. The number of carbonyl (C=O) groups is 1. The number of ether oxygens (including phenoxy) is 2. The number of rotatable bonds is 6. The molecule has 0 aliphatic heterocycles. The van der Waals surface area contributed by atoms with Gasteiger partial charge in [0.25, 0.3) is 5.91 Å². The standard InChI is InChI=1S/C21H16F3N5O3/c1-31-14-8-6-13(7-9-14)16-10-11-18-26-27-19(29(18)28-16)12-25-20(30)15-4-2-3-5-17(15)32-21(22,23)24/h2-11H,12H2,1H3,(H,25,30). The van der Waals surface area contributed by atoms with E-state index >= 15 is 0 Å². The largest absolute Gasteiger partial charge is 0.573 e. The van der Waals surface area contributed by atoms with Crippen LogP contribution in [0.15, 0.2) is 60.7 Å². The van der Waals surface area contributed by atoms with Gasteiger partial charge in [0, 0.05) is 5.56 Å². The van der Waals surface area contributed by atoms with E-state index in [4.69, 9.17) is 4.74 Å². The summed E-state index contributed by atoms with van der Waals surface area (Å²) in [7, 11) is 1.57. The van der Waals surface area contributed by atoms with Crippen molar-refractivity contribution in [1.29, 1.82) is 0 Å². The van der Waals surface area contributed by atoms with Crippen LogP contribution in [0.2, 0.25) is 0 Å². The highest BCUT2D eigenvalue weighted by atomic mass is 19.4. The molecule has 0 saturated carbocycles. The summed E-state index contributed by atoms with van der Waals surface area (Å²) in [5.74, 6) is -0.341. The predicted octanol–water partition coefficient (Wildman–Crippen LogP) is 3.63. The van der Waals surface area contributed by atoms with Crippen LogP contribution in [0.25, 0.3) is 16.9 Å². The molecule has 4 aromatic rings. The molecule has 0 radical (unpaired) electrons. The fourth-order valence-corrected chi connectivity index (χ4v) is 2.98. The highest BCUT2D eigenvalue weighted by molar-refractivity contribution is 5.96. The average molecular weight is 443 g/mol. The van der Waals surface area contributed by atoms with Crippen LogP contribution in [-0.2, 0) is 6.54 Å². The zero-order valence-electron chi connectivity index (χ0n) is 16.6. The summed E-state index contributed by atoms with van der Waals surface area (Å²) in [5, 5.41) is 15.0. The van der Waals surface area contributed by atoms with E-state index in [-0.39, 0.29) is 12.1 Å². The Morgan fingerprint density at radius 3 is 2.50 bits per heavy atom. The Labute approximate surface area is 179 Å². The Balaban J connectivity index is 1.54. The molecule has 8 nitrogen and oxygen atoms in total. The van der Waals surface area contributed by atoms with Crippen molar-refractivity contribution in [2.45, 2.75) is 12.9 Å². The SMILES string of the molecule is COc1ccc(-c2ccc3nnc(CNC(=O)c4ccccc4OC(F)(F)F)n3n2)cc1. The van der Waals surface area contributed by atoms with Crippen molar-refractivity contribution < 1.29 is 27.4 Å². The van der Waals surface area contributed by atoms with Gasteiger partial charge >= 0.3 is 6.36 Å². The van der Waals surface area contributed by atoms with Crippen LogP contribution in [0.5, 0.6) is 11.5 Å². The predicted molar refractivity (Wildman–Crippen MR) is 107 cm³/mol. The van der Waals surface area contributed by atoms with Gasteiger partial charge in [0.2, 0.25) is 0 Å². The number of alkyl halides is 3. The van der Waals surface area contributed by atoms with Crippen LogP contribution >= 0.6 is 0 Å². The quantitative estimate of drug-likeness (QED) is 0.490. The van der Waals surface area contributed by atoms with E-state index in [2.05, 4.69) is 25.3 Å². The van der Waals surface area contributed by atoms with Crippen LogP contribution in [0.3, 0.4) is 0 Å². The second-order valence-electron chi connectivity index (χ2n) is 6.56. The summed E-state index contributed by atoms with van der Waals surface area (Å²) >= 11 is 0. The van der Waals surface area contributed by atoms with E-state index in [1.807, 2.05) is 12.1 Å². The molecule has 0 bridgehead atoms. The zero-order valence-corrected chi connectivity index (χ0v) is 16.6. The molecule has 0 unspecified atom stereocenters. The summed E-state index contributed by atoms with van der Waals surface area (Å²) in [5.41, 5.74) is 1.66. The Hall–Kier alpha value is -4.15. The summed E-state index contributed by atoms with van der Waals surface area (Å²) < 4.78 is 48.3. The van der Waals surface area contributed by atoms with E-state index < -0.39 is 18.0 Å². The Morgan fingerprint density at radius 1 is 1.03 bits per heavy atom. The lowest BCUT2D eigenvalue weighted by atomic mass is 10.1. The zero-order chi connectivity index (χ0) is 22.7. The van der Waals surface area contributed by atoms with Crippen molar-refractivity contribution in [3.8, 4) is 22.8 Å². The number of nitrogens with one attached hydrogen (secondary N) is 1. The van der Waals surface area contributed by atoms with Crippen LogP contribution in [-0.4, -0.2) is 39.2 Å². The molecule has 11 heteroatoms. The average Bonchev–Trinajstić information content (AvgIpc) is 3.19. The molecule has 32 heavy (non-hydrogen) atoms. The maximum Gasteiger partial charge on any atom is 0.573 e. The first kappa shape index (κ1) is 21.1. The second-order valence-corrected chi connectivity index (χ2v) is 6.56. The van der Waals surface area contributed by atoms with Gasteiger partial charge < -0.3 is 14.8 Å². The van der Waals surface area contributed by atoms with Crippen molar-refractivity contribution in [3.63, 3.8) is 0 Å². The molecule has 1 N–H and O–H groups in total. The molecule has 4 rings (SSSR count). The fraction of sp³-hybridized carbons (Fsp3) is 0.143. The Bertz CT molecular complexity index is 1260. The van der Waals surface area contributed by atoms with Crippen molar-refractivity contribution in [1.82, 2.24) is 25.1 Å². The third-order valence-corrected chi connectivity index (χ3v) is 4.48. The Kier molecular flexibility index (Phi) is 5.63. The Morgan fingerprint density at radius 2 is 1.78 bits per heavy atom. The first-order valence-corrected chi connectivity index (χ1v) is 9.33. The van der Waals surface area contributed by atoms with Gasteiger partial charge in [-0.2, -0.15) is 9.61 Å². The highest BCUT2D eigenvalue weighted by Crippen LogP contribution is 2.26. The summed E-state index contributed by atoms with van der Waals surface area (Å²) in [4.78, 5) is 12.5. The van der Waals surface area contributed by atoms with Gasteiger partial charge in [-0.15, -0.1) is 23.4 Å². The van der Waals surface area contributed by atoms with Crippen molar-refractivity contribution in [2.24, 2.45) is 0 Å². The number of para-hydroxylation sites is 1. The number of benzene rings is 2. The molecule has 164 valence electrons. The van der Waals surface area contributed by atoms with Gasteiger partial charge in [0.05, 0.1) is 24.9 Å². The fourth-order valence-electron chi connectivity index (χ4n) is 2.98. The lowest BCUT2D eigenvalue weighted by Crippen LogP contribution is -2.26. The van der Waals surface area contributed by atoms with E-state index in [9.17, 15) is 18.0 Å². The van der Waals surface area contributed by atoms with Crippen molar-refractivity contribution in [2.75, 3.05) is 7.11 Å². The van der Waals surface area contributed by atoms with E-state index in [1.54, 1.807) is 31.4 Å². The second kappa shape index (κ2) is 8.53. The monoisotopic (exact) mass is 443 g/mol. The van der Waals surface area contributed by atoms with Gasteiger partial charge in [-0.3, -0.25) is 4.79 Å². The summed E-state index contributed by atoms with van der Waals surface area (Å²) in [6.07, 6.45) is -4.92. The van der Waals surface area contributed by atoms with E-state index in [0.717, 1.165) is 11.6 Å². The van der Waals surface area contributed by atoms with Crippen LogP contribution in [0, 0.1) is 0 Å². The third kappa shape index (κ3) is 4.61. The number of halogens is 3. The molecule has 2 heterocycles. The number of hydrogen-bond donors (Lipinski definition) is 1. The van der Waals surface area contributed by atoms with Gasteiger partial charge in [-0.1, -0.05) is 12.1 Å². The number of methoxy groups -OCH3 is 1. The topological polar surface area (TPSA) is 90.6 Å². The van der Waals surface area contributed by atoms with Crippen molar-refractivity contribution in [3.05, 3.63) is 72.1 Å². The van der Waals surface area contributed by atoms with Gasteiger partial charge in [-0.25, -0.2) is 0 Å². The van der Waals surface area contributed by atoms with Gasteiger partial charge in [-0.05, 0) is 48.5 Å². The first-order valence-electron chi connectivity index (χ1n) is 9.33. The molecule has 0 saturated heterocycles. The highest BCUT2D eigenvalue weighted by Gasteiger charge is 2.32. The summed E-state index contributed by atoms with van der Waals surface area (Å²) in [6.45, 7) is -0.112.